The summed E-state index contributed by atoms with van der Waals surface area (Å²) < 4.78 is 28.1. The van der Waals surface area contributed by atoms with Crippen molar-refractivity contribution in [1.82, 2.24) is 9.62 Å². The summed E-state index contributed by atoms with van der Waals surface area (Å²) in [6.45, 7) is 8.34. The lowest BCUT2D eigenvalue weighted by molar-refractivity contribution is -0.132. The largest absolute Gasteiger partial charge is 0.339 e. The van der Waals surface area contributed by atoms with Gasteiger partial charge in [0.2, 0.25) is 15.9 Å². The minimum atomic E-state index is -3.76. The Morgan fingerprint density at radius 3 is 2.26 bits per heavy atom. The topological polar surface area (TPSA) is 66.5 Å². The van der Waals surface area contributed by atoms with Crippen LogP contribution in [0.15, 0.2) is 41.3 Å². The molecule has 148 valence electrons. The number of nitrogens with one attached hydrogen (secondary N) is 1. The molecule has 1 aromatic carbocycles. The third-order valence-electron chi connectivity index (χ3n) is 4.20. The molecule has 0 bridgehead atoms. The number of hydrogen-bond donors (Lipinski definition) is 1. The molecule has 1 amide bonds. The highest BCUT2D eigenvalue weighted by Gasteiger charge is 2.28. The van der Waals surface area contributed by atoms with Gasteiger partial charge in [0.05, 0.1) is 11.4 Å². The lowest BCUT2D eigenvalue weighted by Gasteiger charge is -2.25. The van der Waals surface area contributed by atoms with Gasteiger partial charge in [-0.1, -0.05) is 31.5 Å². The number of rotatable bonds is 8. The number of hydrogen-bond acceptors (Lipinski definition) is 4. The Balaban J connectivity index is 2.17. The van der Waals surface area contributed by atoms with Gasteiger partial charge < -0.3 is 4.90 Å². The summed E-state index contributed by atoms with van der Waals surface area (Å²) in [7, 11) is -2.05. The molecule has 7 heteroatoms. The summed E-state index contributed by atoms with van der Waals surface area (Å²) in [5.41, 5.74) is 0.981. The normalized spacial score (nSPS) is 13.0. The monoisotopic (exact) mass is 408 g/mol. The van der Waals surface area contributed by atoms with E-state index in [-0.39, 0.29) is 16.7 Å². The standard InChI is InChI=1S/C20H28N2O3S2/c1-14(2)12-19(20(23)22(5)13-17-9-8-16(4)26-17)21-27(24,25)18-10-6-15(3)7-11-18/h6-11,14,19,21H,12-13H2,1-5H3. The molecule has 1 heterocycles. The van der Waals surface area contributed by atoms with Crippen molar-refractivity contribution in [2.45, 2.75) is 51.6 Å². The Morgan fingerprint density at radius 2 is 1.74 bits per heavy atom. The molecule has 1 atom stereocenters. The molecule has 0 spiro atoms. The van der Waals surface area contributed by atoms with Gasteiger partial charge in [-0.2, -0.15) is 4.72 Å². The lowest BCUT2D eigenvalue weighted by atomic mass is 10.0. The van der Waals surface area contributed by atoms with Crippen LogP contribution in [0, 0.1) is 19.8 Å². The quantitative estimate of drug-likeness (QED) is 0.724. The van der Waals surface area contributed by atoms with E-state index < -0.39 is 16.1 Å². The van der Waals surface area contributed by atoms with Crippen molar-refractivity contribution in [3.63, 3.8) is 0 Å². The number of likely N-dealkylation sites (N-methyl/N-ethyl adjacent to an activating group) is 1. The second-order valence-electron chi connectivity index (χ2n) is 7.32. The fourth-order valence-electron chi connectivity index (χ4n) is 2.79. The van der Waals surface area contributed by atoms with Gasteiger partial charge in [0.1, 0.15) is 6.04 Å². The van der Waals surface area contributed by atoms with E-state index in [0.717, 1.165) is 10.4 Å². The van der Waals surface area contributed by atoms with Crippen LogP contribution in [-0.2, 0) is 21.4 Å². The number of nitrogens with zero attached hydrogens (tertiary/aromatic N) is 1. The smallest absolute Gasteiger partial charge is 0.241 e. The van der Waals surface area contributed by atoms with Gasteiger partial charge in [-0.25, -0.2) is 8.42 Å². The maximum atomic E-state index is 13.0. The first kappa shape index (κ1) is 21.6. The van der Waals surface area contributed by atoms with E-state index in [9.17, 15) is 13.2 Å². The minimum Gasteiger partial charge on any atom is -0.339 e. The molecule has 1 N–H and O–H groups in total. The van der Waals surface area contributed by atoms with Crippen molar-refractivity contribution in [2.75, 3.05) is 7.05 Å². The molecule has 1 unspecified atom stereocenters. The van der Waals surface area contributed by atoms with E-state index >= 15 is 0 Å². The van der Waals surface area contributed by atoms with Crippen LogP contribution in [0.1, 0.15) is 35.6 Å². The van der Waals surface area contributed by atoms with E-state index in [1.165, 1.54) is 4.88 Å². The van der Waals surface area contributed by atoms with Crippen molar-refractivity contribution < 1.29 is 13.2 Å². The molecule has 0 saturated heterocycles. The van der Waals surface area contributed by atoms with E-state index in [4.69, 9.17) is 0 Å². The van der Waals surface area contributed by atoms with Crippen molar-refractivity contribution in [3.8, 4) is 0 Å². The molecule has 0 aliphatic carbocycles. The van der Waals surface area contributed by atoms with Crippen molar-refractivity contribution in [3.05, 3.63) is 51.7 Å². The van der Waals surface area contributed by atoms with Gasteiger partial charge in [-0.3, -0.25) is 4.79 Å². The second kappa shape index (κ2) is 8.99. The van der Waals surface area contributed by atoms with E-state index in [1.54, 1.807) is 47.5 Å². The first-order valence-corrected chi connectivity index (χ1v) is 11.3. The number of benzene rings is 1. The number of carbonyl (C=O) groups excluding carboxylic acids is 1. The van der Waals surface area contributed by atoms with Crippen LogP contribution >= 0.6 is 11.3 Å². The molecule has 0 aliphatic heterocycles. The van der Waals surface area contributed by atoms with Crippen LogP contribution in [0.4, 0.5) is 0 Å². The van der Waals surface area contributed by atoms with Crippen LogP contribution in [0.25, 0.3) is 0 Å². The Bertz CT molecular complexity index is 871. The lowest BCUT2D eigenvalue weighted by Crippen LogP contribution is -2.47. The molecule has 1 aromatic heterocycles. The molecular weight excluding hydrogens is 380 g/mol. The van der Waals surface area contributed by atoms with Crippen LogP contribution in [0.3, 0.4) is 0 Å². The fraction of sp³-hybridized carbons (Fsp3) is 0.450. The van der Waals surface area contributed by atoms with Crippen molar-refractivity contribution >= 4 is 27.3 Å². The Morgan fingerprint density at radius 1 is 1.11 bits per heavy atom. The zero-order chi connectivity index (χ0) is 20.2. The average molecular weight is 409 g/mol. The third-order valence-corrected chi connectivity index (χ3v) is 6.67. The number of carbonyl (C=O) groups is 1. The molecule has 2 aromatic rings. The van der Waals surface area contributed by atoms with Gasteiger partial charge in [-0.05, 0) is 50.5 Å². The molecule has 27 heavy (non-hydrogen) atoms. The number of amides is 1. The predicted molar refractivity (Wildman–Crippen MR) is 110 cm³/mol. The fourth-order valence-corrected chi connectivity index (χ4v) is 4.94. The first-order valence-electron chi connectivity index (χ1n) is 8.98. The first-order chi connectivity index (χ1) is 12.6. The zero-order valence-electron chi connectivity index (χ0n) is 16.5. The second-order valence-corrected chi connectivity index (χ2v) is 10.4. The summed E-state index contributed by atoms with van der Waals surface area (Å²) >= 11 is 1.64. The summed E-state index contributed by atoms with van der Waals surface area (Å²) in [5.74, 6) is -0.0394. The minimum absolute atomic E-state index is 0.172. The predicted octanol–water partition coefficient (Wildman–Crippen LogP) is 3.72. The van der Waals surface area contributed by atoms with Gasteiger partial charge in [0, 0.05) is 16.8 Å². The maximum absolute atomic E-state index is 13.0. The highest BCUT2D eigenvalue weighted by Crippen LogP contribution is 2.19. The molecule has 2 rings (SSSR count). The van der Waals surface area contributed by atoms with Crippen LogP contribution in [0.2, 0.25) is 0 Å². The van der Waals surface area contributed by atoms with Crippen molar-refractivity contribution in [2.24, 2.45) is 5.92 Å². The molecule has 0 saturated carbocycles. The summed E-state index contributed by atoms with van der Waals surface area (Å²) in [6.07, 6.45) is 0.442. The number of aryl methyl sites for hydroxylation is 2. The highest BCUT2D eigenvalue weighted by molar-refractivity contribution is 7.89. The van der Waals surface area contributed by atoms with Gasteiger partial charge in [-0.15, -0.1) is 11.3 Å². The summed E-state index contributed by atoms with van der Waals surface area (Å²) in [5, 5.41) is 0. The number of thiophene rings is 1. The SMILES string of the molecule is Cc1ccc(S(=O)(=O)NC(CC(C)C)C(=O)N(C)Cc2ccc(C)s2)cc1. The Kier molecular flexibility index (Phi) is 7.19. The molecule has 0 radical (unpaired) electrons. The van der Waals surface area contributed by atoms with Crippen LogP contribution < -0.4 is 4.72 Å². The summed E-state index contributed by atoms with van der Waals surface area (Å²) in [4.78, 5) is 17.0. The zero-order valence-corrected chi connectivity index (χ0v) is 18.2. The highest BCUT2D eigenvalue weighted by atomic mass is 32.2. The third kappa shape index (κ3) is 6.16. The molecule has 0 fully saturated rings. The Labute approximate surface area is 166 Å². The van der Waals surface area contributed by atoms with Crippen LogP contribution in [0.5, 0.6) is 0 Å². The van der Waals surface area contributed by atoms with Gasteiger partial charge in [0.15, 0.2) is 0 Å². The number of sulfonamides is 1. The van der Waals surface area contributed by atoms with Gasteiger partial charge in [0.25, 0.3) is 0 Å². The van der Waals surface area contributed by atoms with Crippen LogP contribution in [-0.4, -0.2) is 32.3 Å². The van der Waals surface area contributed by atoms with E-state index in [0.29, 0.717) is 13.0 Å². The van der Waals surface area contributed by atoms with E-state index in [2.05, 4.69) is 4.72 Å². The van der Waals surface area contributed by atoms with E-state index in [1.807, 2.05) is 39.8 Å². The maximum Gasteiger partial charge on any atom is 0.241 e. The molecule has 0 aliphatic rings. The summed E-state index contributed by atoms with van der Waals surface area (Å²) in [6, 6.07) is 9.85. The molecule has 5 nitrogen and oxygen atoms in total. The van der Waals surface area contributed by atoms with Gasteiger partial charge >= 0.3 is 0 Å². The molecular formula is C20H28N2O3S2. The van der Waals surface area contributed by atoms with Crippen molar-refractivity contribution in [1.29, 1.82) is 0 Å². The average Bonchev–Trinajstić information content (AvgIpc) is 2.98. The Hall–Kier alpha value is -1.70.